The molecule has 1 heterocycles. The molecule has 0 aliphatic carbocycles. The zero-order chi connectivity index (χ0) is 22.3. The van der Waals surface area contributed by atoms with Gasteiger partial charge in [0.1, 0.15) is 5.82 Å². The number of nitrogens with zero attached hydrogens (tertiary/aromatic N) is 2. The maximum atomic E-state index is 6.03. The Morgan fingerprint density at radius 2 is 1.75 bits per heavy atom. The Hall–Kier alpha value is -3.53. The van der Waals surface area contributed by atoms with Crippen LogP contribution >= 0.6 is 0 Å². The molecule has 0 fully saturated rings. The number of ether oxygens (including phenoxy) is 2. The number of para-hydroxylation sites is 2. The van der Waals surface area contributed by atoms with Crippen molar-refractivity contribution in [3.8, 4) is 22.9 Å². The van der Waals surface area contributed by atoms with Gasteiger partial charge in [-0.05, 0) is 62.1 Å². The molecule has 32 heavy (non-hydrogen) atoms. The van der Waals surface area contributed by atoms with Crippen molar-refractivity contribution in [2.24, 2.45) is 0 Å². The summed E-state index contributed by atoms with van der Waals surface area (Å²) in [5.41, 5.74) is 5.74. The van der Waals surface area contributed by atoms with Gasteiger partial charge in [-0.15, -0.1) is 0 Å². The van der Waals surface area contributed by atoms with Crippen LogP contribution in [0.1, 0.15) is 30.9 Å². The number of imidazole rings is 1. The zero-order valence-electron chi connectivity index (χ0n) is 19.0. The average Bonchev–Trinajstić information content (AvgIpc) is 3.18. The van der Waals surface area contributed by atoms with Crippen LogP contribution in [0.25, 0.3) is 28.5 Å². The van der Waals surface area contributed by atoms with Crippen molar-refractivity contribution < 1.29 is 9.47 Å². The Bertz CT molecular complexity index is 1220. The molecule has 4 heteroatoms. The van der Waals surface area contributed by atoms with Gasteiger partial charge in [0.2, 0.25) is 0 Å². The Morgan fingerprint density at radius 1 is 0.938 bits per heavy atom. The molecule has 0 radical (unpaired) electrons. The summed E-state index contributed by atoms with van der Waals surface area (Å²) in [7, 11) is 1.68. The van der Waals surface area contributed by atoms with Crippen LogP contribution in [0.3, 0.4) is 0 Å². The molecule has 1 aromatic heterocycles. The molecule has 0 spiro atoms. The van der Waals surface area contributed by atoms with Crippen LogP contribution in [-0.4, -0.2) is 23.3 Å². The van der Waals surface area contributed by atoms with E-state index in [0.717, 1.165) is 47.8 Å². The quantitative estimate of drug-likeness (QED) is 0.273. The molecule has 0 atom stereocenters. The number of hydrogen-bond acceptors (Lipinski definition) is 3. The van der Waals surface area contributed by atoms with E-state index in [1.807, 2.05) is 43.3 Å². The first-order valence-electron chi connectivity index (χ1n) is 11.2. The highest BCUT2D eigenvalue weighted by molar-refractivity contribution is 5.81. The van der Waals surface area contributed by atoms with Gasteiger partial charge in [-0.1, -0.05) is 54.6 Å². The number of methoxy groups -OCH3 is 1. The van der Waals surface area contributed by atoms with Crippen molar-refractivity contribution in [3.05, 3.63) is 83.9 Å². The summed E-state index contributed by atoms with van der Waals surface area (Å²) in [5.74, 6) is 2.59. The maximum Gasteiger partial charge on any atom is 0.161 e. The summed E-state index contributed by atoms with van der Waals surface area (Å²) in [4.78, 5) is 4.95. The number of allylic oxidation sites excluding steroid dienone is 1. The van der Waals surface area contributed by atoms with E-state index in [-0.39, 0.29) is 0 Å². The summed E-state index contributed by atoms with van der Waals surface area (Å²) in [6.07, 6.45) is 6.01. The predicted molar refractivity (Wildman–Crippen MR) is 132 cm³/mol. The maximum absolute atomic E-state index is 6.03. The van der Waals surface area contributed by atoms with Crippen molar-refractivity contribution in [1.82, 2.24) is 9.55 Å². The minimum absolute atomic E-state index is 0.644. The molecule has 0 saturated heterocycles. The van der Waals surface area contributed by atoms with E-state index in [4.69, 9.17) is 14.5 Å². The third kappa shape index (κ3) is 4.70. The van der Waals surface area contributed by atoms with Crippen LogP contribution in [0.4, 0.5) is 0 Å². The first-order valence-corrected chi connectivity index (χ1v) is 11.2. The second kappa shape index (κ2) is 10.2. The Kier molecular flexibility index (Phi) is 6.90. The van der Waals surface area contributed by atoms with E-state index < -0.39 is 0 Å². The van der Waals surface area contributed by atoms with Crippen LogP contribution in [0.2, 0.25) is 0 Å². The molecule has 0 aliphatic heterocycles. The molecular formula is C28H30N2O2. The summed E-state index contributed by atoms with van der Waals surface area (Å²) < 4.78 is 13.9. The van der Waals surface area contributed by atoms with E-state index in [9.17, 15) is 0 Å². The zero-order valence-corrected chi connectivity index (χ0v) is 19.0. The highest BCUT2D eigenvalue weighted by Crippen LogP contribution is 2.30. The first kappa shape index (κ1) is 21.7. The van der Waals surface area contributed by atoms with Crippen molar-refractivity contribution in [3.63, 3.8) is 0 Å². The van der Waals surface area contributed by atoms with Gasteiger partial charge < -0.3 is 14.0 Å². The SMILES string of the molecule is C/C=C/c1ccc(OCCCCn2c(-c3ccccc3C)nc3ccccc32)c(OC)c1. The molecule has 4 aromatic rings. The number of hydrogen-bond donors (Lipinski definition) is 0. The average molecular weight is 427 g/mol. The molecule has 0 N–H and O–H groups in total. The lowest BCUT2D eigenvalue weighted by Gasteiger charge is -2.13. The topological polar surface area (TPSA) is 36.3 Å². The molecule has 0 bridgehead atoms. The van der Waals surface area contributed by atoms with Gasteiger partial charge in [0.25, 0.3) is 0 Å². The molecule has 0 aliphatic rings. The fourth-order valence-electron chi connectivity index (χ4n) is 3.98. The Labute approximate surface area is 190 Å². The minimum atomic E-state index is 0.644. The highest BCUT2D eigenvalue weighted by atomic mass is 16.5. The smallest absolute Gasteiger partial charge is 0.161 e. The van der Waals surface area contributed by atoms with Gasteiger partial charge in [0, 0.05) is 12.1 Å². The fraction of sp³-hybridized carbons (Fsp3) is 0.250. The van der Waals surface area contributed by atoms with Crippen molar-refractivity contribution in [1.29, 1.82) is 0 Å². The molecule has 0 saturated carbocycles. The lowest BCUT2D eigenvalue weighted by atomic mass is 10.1. The van der Waals surface area contributed by atoms with Gasteiger partial charge in [-0.2, -0.15) is 0 Å². The molecule has 0 unspecified atom stereocenters. The molecule has 4 nitrogen and oxygen atoms in total. The molecule has 164 valence electrons. The third-order valence-electron chi connectivity index (χ3n) is 5.62. The summed E-state index contributed by atoms with van der Waals surface area (Å²) in [6, 6.07) is 22.8. The van der Waals surface area contributed by atoms with Crippen molar-refractivity contribution in [2.45, 2.75) is 33.2 Å². The Morgan fingerprint density at radius 3 is 2.56 bits per heavy atom. The Balaban J connectivity index is 1.44. The van der Waals surface area contributed by atoms with Gasteiger partial charge >= 0.3 is 0 Å². The van der Waals surface area contributed by atoms with Crippen molar-refractivity contribution >= 4 is 17.1 Å². The van der Waals surface area contributed by atoms with E-state index in [1.54, 1.807) is 7.11 Å². The normalized spacial score (nSPS) is 11.3. The van der Waals surface area contributed by atoms with Crippen LogP contribution in [-0.2, 0) is 6.54 Å². The first-order chi connectivity index (χ1) is 15.7. The van der Waals surface area contributed by atoms with Gasteiger partial charge in [-0.3, -0.25) is 0 Å². The molecular weight excluding hydrogens is 396 g/mol. The predicted octanol–water partition coefficient (Wildman–Crippen LogP) is 6.91. The monoisotopic (exact) mass is 426 g/mol. The molecule has 4 rings (SSSR count). The number of unbranched alkanes of at least 4 members (excludes halogenated alkanes) is 1. The summed E-state index contributed by atoms with van der Waals surface area (Å²) in [6.45, 7) is 5.68. The standard InChI is InChI=1S/C28H30N2O2/c1-4-11-22-16-17-26(27(20-22)31-3)32-19-10-9-18-30-25-15-8-7-14-24(25)29-28(30)23-13-6-5-12-21(23)2/h4-8,11-17,20H,9-10,18-19H2,1-3H3/b11-4+. The minimum Gasteiger partial charge on any atom is -0.493 e. The van der Waals surface area contributed by atoms with Gasteiger partial charge in [0.15, 0.2) is 11.5 Å². The number of fused-ring (bicyclic) bond motifs is 1. The third-order valence-corrected chi connectivity index (χ3v) is 5.62. The van der Waals surface area contributed by atoms with Gasteiger partial charge in [0.05, 0.1) is 24.8 Å². The van der Waals surface area contributed by atoms with Crippen LogP contribution < -0.4 is 9.47 Å². The van der Waals surface area contributed by atoms with Crippen LogP contribution in [0.15, 0.2) is 72.8 Å². The number of benzene rings is 3. The summed E-state index contributed by atoms with van der Waals surface area (Å²) in [5, 5.41) is 0. The number of aromatic nitrogens is 2. The van der Waals surface area contributed by atoms with E-state index in [0.29, 0.717) is 6.61 Å². The number of rotatable bonds is 9. The van der Waals surface area contributed by atoms with E-state index >= 15 is 0 Å². The lowest BCUT2D eigenvalue weighted by Crippen LogP contribution is -2.05. The lowest BCUT2D eigenvalue weighted by molar-refractivity contribution is 0.284. The highest BCUT2D eigenvalue weighted by Gasteiger charge is 2.13. The van der Waals surface area contributed by atoms with E-state index in [2.05, 4.69) is 54.0 Å². The van der Waals surface area contributed by atoms with Crippen LogP contribution in [0.5, 0.6) is 11.5 Å². The van der Waals surface area contributed by atoms with Crippen molar-refractivity contribution in [2.75, 3.05) is 13.7 Å². The van der Waals surface area contributed by atoms with Crippen LogP contribution in [0, 0.1) is 6.92 Å². The summed E-state index contributed by atoms with van der Waals surface area (Å²) >= 11 is 0. The fourth-order valence-corrected chi connectivity index (χ4v) is 3.98. The van der Waals surface area contributed by atoms with Gasteiger partial charge in [-0.25, -0.2) is 4.98 Å². The molecule has 0 amide bonds. The second-order valence-corrected chi connectivity index (χ2v) is 7.86. The number of aryl methyl sites for hydroxylation is 2. The van der Waals surface area contributed by atoms with E-state index in [1.165, 1.54) is 16.6 Å². The molecule has 3 aromatic carbocycles. The second-order valence-electron chi connectivity index (χ2n) is 7.86. The largest absolute Gasteiger partial charge is 0.493 e.